The minimum Gasteiger partial charge on any atom is -0.339 e. The van der Waals surface area contributed by atoms with Gasteiger partial charge in [-0.15, -0.1) is 0 Å². The van der Waals surface area contributed by atoms with Crippen molar-refractivity contribution in [3.63, 3.8) is 0 Å². The SMILES string of the molecule is CS(=O)(=O)O.Cn1c(C(=O)NC=NN)c2c3c(cc(Cl)cc31)CCC2. The number of amides is 1. The number of carbonyl (C=O) groups excluding carboxylic acids is 1. The summed E-state index contributed by atoms with van der Waals surface area (Å²) in [6, 6.07) is 3.90. The first-order chi connectivity index (χ1) is 11.6. The van der Waals surface area contributed by atoms with Crippen LogP contribution in [0.2, 0.25) is 5.02 Å². The molecule has 0 atom stereocenters. The average Bonchev–Trinajstić information content (AvgIpc) is 2.77. The smallest absolute Gasteiger partial charge is 0.273 e. The maximum Gasteiger partial charge on any atom is 0.273 e. The molecule has 0 fully saturated rings. The van der Waals surface area contributed by atoms with Crippen LogP contribution in [-0.2, 0) is 30.0 Å². The summed E-state index contributed by atoms with van der Waals surface area (Å²) in [5, 5.41) is 7.74. The first kappa shape index (κ1) is 19.2. The van der Waals surface area contributed by atoms with E-state index in [0.29, 0.717) is 17.0 Å². The molecule has 3 rings (SSSR count). The van der Waals surface area contributed by atoms with Gasteiger partial charge in [-0.05, 0) is 42.5 Å². The summed E-state index contributed by atoms with van der Waals surface area (Å²) < 4.78 is 27.8. The number of hydrogen-bond donors (Lipinski definition) is 3. The Kier molecular flexibility index (Phi) is 5.71. The van der Waals surface area contributed by atoms with E-state index < -0.39 is 10.1 Å². The molecule has 0 radical (unpaired) electrons. The summed E-state index contributed by atoms with van der Waals surface area (Å²) in [6.45, 7) is 0. The number of aromatic nitrogens is 1. The number of aryl methyl sites for hydroxylation is 3. The van der Waals surface area contributed by atoms with Crippen molar-refractivity contribution in [2.24, 2.45) is 18.0 Å². The average molecular weight is 387 g/mol. The third kappa shape index (κ3) is 4.50. The lowest BCUT2D eigenvalue weighted by Crippen LogP contribution is -2.25. The van der Waals surface area contributed by atoms with Crippen molar-refractivity contribution >= 4 is 44.9 Å². The highest BCUT2D eigenvalue weighted by Crippen LogP contribution is 2.36. The molecule has 1 heterocycles. The van der Waals surface area contributed by atoms with Crippen LogP contribution in [0.1, 0.15) is 28.0 Å². The number of carbonyl (C=O) groups is 1. The fourth-order valence-corrected chi connectivity index (χ4v) is 3.29. The molecule has 1 aromatic carbocycles. The van der Waals surface area contributed by atoms with E-state index in [1.54, 1.807) is 0 Å². The van der Waals surface area contributed by atoms with E-state index >= 15 is 0 Å². The van der Waals surface area contributed by atoms with Crippen molar-refractivity contribution in [3.8, 4) is 0 Å². The Morgan fingerprint density at radius 2 is 2.08 bits per heavy atom. The molecule has 0 saturated heterocycles. The Labute approximate surface area is 150 Å². The number of nitrogens with zero attached hydrogens (tertiary/aromatic N) is 2. The molecular formula is C15H19ClN4O4S. The van der Waals surface area contributed by atoms with Gasteiger partial charge in [0.2, 0.25) is 0 Å². The Morgan fingerprint density at radius 3 is 2.68 bits per heavy atom. The van der Waals surface area contributed by atoms with Gasteiger partial charge in [0.1, 0.15) is 12.0 Å². The lowest BCUT2D eigenvalue weighted by Gasteiger charge is -2.13. The maximum absolute atomic E-state index is 12.3. The predicted octanol–water partition coefficient (Wildman–Crippen LogP) is 1.46. The monoisotopic (exact) mass is 386 g/mol. The van der Waals surface area contributed by atoms with E-state index in [2.05, 4.69) is 10.4 Å². The van der Waals surface area contributed by atoms with Crippen molar-refractivity contribution in [1.29, 1.82) is 0 Å². The lowest BCUT2D eigenvalue weighted by molar-refractivity contribution is 0.0970. The molecule has 4 N–H and O–H groups in total. The molecule has 2 aromatic rings. The van der Waals surface area contributed by atoms with Crippen LogP contribution in [0.3, 0.4) is 0 Å². The number of hydrogen-bond acceptors (Lipinski definition) is 5. The summed E-state index contributed by atoms with van der Waals surface area (Å²) in [4.78, 5) is 12.3. The summed E-state index contributed by atoms with van der Waals surface area (Å²) >= 11 is 6.17. The van der Waals surface area contributed by atoms with Gasteiger partial charge in [-0.3, -0.25) is 9.35 Å². The zero-order chi connectivity index (χ0) is 18.8. The van der Waals surface area contributed by atoms with E-state index in [9.17, 15) is 13.2 Å². The first-order valence-electron chi connectivity index (χ1n) is 7.38. The normalized spacial score (nSPS) is 13.6. The predicted molar refractivity (Wildman–Crippen MR) is 97.6 cm³/mol. The van der Waals surface area contributed by atoms with Crippen molar-refractivity contribution < 1.29 is 17.8 Å². The summed E-state index contributed by atoms with van der Waals surface area (Å²) in [6.07, 6.45) is 4.84. The summed E-state index contributed by atoms with van der Waals surface area (Å²) in [7, 11) is -1.79. The van der Waals surface area contributed by atoms with E-state index in [-0.39, 0.29) is 5.91 Å². The standard InChI is InChI=1S/C14H15ClN4O.CH4O3S/c1-19-11-6-9(15)5-8-3-2-4-10(12(8)11)13(19)14(20)17-7-18-16;1-5(2,3)4/h5-7H,2-4,16H2,1H3,(H,17,18,20);1H3,(H,2,3,4). The second-order valence-electron chi connectivity index (χ2n) is 5.68. The molecule has 1 aliphatic carbocycles. The molecule has 0 bridgehead atoms. The molecule has 8 nitrogen and oxygen atoms in total. The number of nitrogens with two attached hydrogens (primary N) is 1. The number of benzene rings is 1. The second-order valence-corrected chi connectivity index (χ2v) is 7.59. The molecule has 0 spiro atoms. The van der Waals surface area contributed by atoms with E-state index in [1.807, 2.05) is 23.7 Å². The molecule has 10 heteroatoms. The second kappa shape index (κ2) is 7.42. The number of hydrazone groups is 1. The zero-order valence-corrected chi connectivity index (χ0v) is 15.4. The quantitative estimate of drug-likeness (QED) is 0.237. The van der Waals surface area contributed by atoms with Crippen LogP contribution in [0.4, 0.5) is 0 Å². The minimum absolute atomic E-state index is 0.197. The minimum atomic E-state index is -3.67. The third-order valence-corrected chi connectivity index (χ3v) is 4.02. The van der Waals surface area contributed by atoms with E-state index in [1.165, 1.54) is 11.9 Å². The lowest BCUT2D eigenvalue weighted by atomic mass is 9.91. The topological polar surface area (TPSA) is 127 Å². The van der Waals surface area contributed by atoms with Gasteiger partial charge in [-0.25, -0.2) is 0 Å². The molecular weight excluding hydrogens is 368 g/mol. The number of rotatable bonds is 2. The molecule has 136 valence electrons. The molecule has 0 saturated carbocycles. The van der Waals surface area contributed by atoms with Crippen LogP contribution < -0.4 is 11.2 Å². The third-order valence-electron chi connectivity index (χ3n) is 3.81. The van der Waals surface area contributed by atoms with Gasteiger partial charge in [0.05, 0.1) is 11.8 Å². The Bertz CT molecular complexity index is 942. The largest absolute Gasteiger partial charge is 0.339 e. The Hall–Kier alpha value is -2.10. The fourth-order valence-electron chi connectivity index (χ4n) is 3.05. The van der Waals surface area contributed by atoms with Crippen LogP contribution in [-0.4, -0.2) is 36.0 Å². The van der Waals surface area contributed by atoms with Crippen LogP contribution >= 0.6 is 11.6 Å². The Morgan fingerprint density at radius 1 is 1.44 bits per heavy atom. The zero-order valence-electron chi connectivity index (χ0n) is 13.8. The number of halogens is 1. The number of nitrogens with one attached hydrogen (secondary N) is 1. The van der Waals surface area contributed by atoms with Crippen molar-refractivity contribution in [1.82, 2.24) is 9.88 Å². The van der Waals surface area contributed by atoms with Gasteiger partial charge in [-0.1, -0.05) is 11.6 Å². The highest BCUT2D eigenvalue weighted by atomic mass is 35.5. The van der Waals surface area contributed by atoms with Gasteiger partial charge >= 0.3 is 0 Å². The molecule has 1 aliphatic rings. The van der Waals surface area contributed by atoms with Gasteiger partial charge in [0, 0.05) is 17.5 Å². The molecule has 1 aromatic heterocycles. The van der Waals surface area contributed by atoms with Gasteiger partial charge in [0.25, 0.3) is 16.0 Å². The summed E-state index contributed by atoms with van der Waals surface area (Å²) in [5.41, 5.74) is 3.96. The molecule has 1 amide bonds. The molecule has 0 unspecified atom stereocenters. The summed E-state index contributed by atoms with van der Waals surface area (Å²) in [5.74, 6) is 4.83. The highest BCUT2D eigenvalue weighted by Gasteiger charge is 2.25. The molecule has 0 aliphatic heterocycles. The Balaban J connectivity index is 0.000000399. The van der Waals surface area contributed by atoms with Crippen LogP contribution in [0.5, 0.6) is 0 Å². The van der Waals surface area contributed by atoms with Crippen molar-refractivity contribution in [2.45, 2.75) is 19.3 Å². The molecule has 25 heavy (non-hydrogen) atoms. The van der Waals surface area contributed by atoms with Crippen LogP contribution in [0.25, 0.3) is 10.9 Å². The fraction of sp³-hybridized carbons (Fsp3) is 0.333. The van der Waals surface area contributed by atoms with E-state index in [0.717, 1.165) is 35.7 Å². The highest BCUT2D eigenvalue weighted by molar-refractivity contribution is 7.85. The van der Waals surface area contributed by atoms with Gasteiger partial charge in [-0.2, -0.15) is 13.5 Å². The van der Waals surface area contributed by atoms with Crippen molar-refractivity contribution in [2.75, 3.05) is 6.26 Å². The van der Waals surface area contributed by atoms with Gasteiger partial charge in [0.15, 0.2) is 0 Å². The van der Waals surface area contributed by atoms with Crippen molar-refractivity contribution in [3.05, 3.63) is 34.0 Å². The maximum atomic E-state index is 12.3. The van der Waals surface area contributed by atoms with Crippen LogP contribution in [0, 0.1) is 0 Å². The van der Waals surface area contributed by atoms with Gasteiger partial charge < -0.3 is 15.7 Å². The first-order valence-corrected chi connectivity index (χ1v) is 9.60. The van der Waals surface area contributed by atoms with Crippen LogP contribution in [0.15, 0.2) is 17.2 Å². The van der Waals surface area contributed by atoms with E-state index in [4.69, 9.17) is 22.0 Å².